The minimum absolute atomic E-state index is 0.0273. The summed E-state index contributed by atoms with van der Waals surface area (Å²) < 4.78 is -0.697. The molecule has 54 heavy (non-hydrogen) atoms. The number of halogens is 3. The number of fused-ring (bicyclic) bond motifs is 2. The molecule has 3 aliphatic rings. The molecule has 312 valence electrons. The fourth-order valence-corrected chi connectivity index (χ4v) is 11.7. The van der Waals surface area contributed by atoms with Crippen LogP contribution in [0, 0.1) is 59.2 Å². The molecule has 11 nitrogen and oxygen atoms in total. The lowest BCUT2D eigenvalue weighted by Crippen LogP contribution is -2.34. The van der Waals surface area contributed by atoms with E-state index in [9.17, 15) is 55.5 Å². The Bertz CT molecular complexity index is 1200. The van der Waals surface area contributed by atoms with Crippen LogP contribution in [0.1, 0.15) is 103 Å². The zero-order valence-electron chi connectivity index (χ0n) is 31.5. The summed E-state index contributed by atoms with van der Waals surface area (Å²) in [5.41, 5.74) is 2.66. The van der Waals surface area contributed by atoms with Crippen LogP contribution in [0.4, 0.5) is 0 Å². The SMILES string of the molecule is CC(CC(CC(CC(CC(CO)CC(I)CO)C(O)O)C(O)O)[C@H]1C=C2CC[C@H]3CCC(C(CC(I)C=O)CC(I)C(=O)O)CC3CCC2=CC1)C(O)O. The van der Waals surface area contributed by atoms with E-state index in [1.165, 1.54) is 11.1 Å². The highest BCUT2D eigenvalue weighted by molar-refractivity contribution is 14.1. The molecule has 0 bridgehead atoms. The molecule has 0 heterocycles. The Hall–Kier alpha value is 0.490. The van der Waals surface area contributed by atoms with Gasteiger partial charge in [-0.3, -0.25) is 4.79 Å². The predicted octanol–water partition coefficient (Wildman–Crippen LogP) is 5.52. The van der Waals surface area contributed by atoms with Crippen molar-refractivity contribution in [3.8, 4) is 0 Å². The lowest BCUT2D eigenvalue weighted by atomic mass is 9.64. The summed E-state index contributed by atoms with van der Waals surface area (Å²) >= 11 is 6.29. The standard InChI is InChI=1S/C40H65I3O11/c1-22(37(47)48)10-30(15-33(39(51)52)16-32(38(49)50)11-23(19-44)12-34(41)20-45)28-8-4-24-3-7-27-14-29(9-5-25(27)2-6-26(24)13-28)31(17-35(42)21-46)18-36(43)40(53)54/h4,13,21-23,25,27-39,44-45,47-52H,2-3,5-12,14-20H2,1H3,(H,53,54)/t22?,23?,25-,27?,28+,29?,30?,31?,32?,33?,34?,35?,36?/m0/s1. The molecule has 0 aromatic rings. The van der Waals surface area contributed by atoms with Gasteiger partial charge in [-0.25, -0.2) is 0 Å². The molecule has 2 fully saturated rings. The van der Waals surface area contributed by atoms with Gasteiger partial charge in [0.25, 0.3) is 0 Å². The summed E-state index contributed by atoms with van der Waals surface area (Å²) in [6.07, 6.45) is 11.4. The fourth-order valence-electron chi connectivity index (χ4n) is 9.69. The van der Waals surface area contributed by atoms with Crippen LogP contribution in [0.3, 0.4) is 0 Å². The molecule has 0 saturated heterocycles. The molecule has 0 aliphatic heterocycles. The molecule has 3 aliphatic carbocycles. The molecule has 11 unspecified atom stereocenters. The normalized spacial score (nSPS) is 27.2. The summed E-state index contributed by atoms with van der Waals surface area (Å²) in [7, 11) is 0. The lowest BCUT2D eigenvalue weighted by molar-refractivity contribution is -0.136. The molecule has 0 amide bonds. The van der Waals surface area contributed by atoms with Crippen molar-refractivity contribution < 1.29 is 55.5 Å². The van der Waals surface area contributed by atoms with E-state index < -0.39 is 46.5 Å². The number of aliphatic carboxylic acids is 1. The van der Waals surface area contributed by atoms with Crippen LogP contribution in [-0.2, 0) is 9.59 Å². The Morgan fingerprint density at radius 2 is 1.41 bits per heavy atom. The van der Waals surface area contributed by atoms with E-state index in [2.05, 4.69) is 57.3 Å². The first kappa shape index (κ1) is 48.9. The van der Waals surface area contributed by atoms with Gasteiger partial charge in [0.2, 0.25) is 0 Å². The van der Waals surface area contributed by atoms with E-state index in [1.54, 1.807) is 6.92 Å². The van der Waals surface area contributed by atoms with Crippen molar-refractivity contribution >= 4 is 80.0 Å². The van der Waals surface area contributed by atoms with Crippen LogP contribution in [0.5, 0.6) is 0 Å². The maximum Gasteiger partial charge on any atom is 0.316 e. The Morgan fingerprint density at radius 3 is 2.00 bits per heavy atom. The number of carboxylic acid groups (broad SMARTS) is 1. The van der Waals surface area contributed by atoms with E-state index in [0.717, 1.165) is 57.7 Å². The van der Waals surface area contributed by atoms with Crippen molar-refractivity contribution in [2.75, 3.05) is 13.2 Å². The zero-order chi connectivity index (χ0) is 40.1. The second-order valence-electron chi connectivity index (χ2n) is 16.7. The van der Waals surface area contributed by atoms with Gasteiger partial charge in [-0.2, -0.15) is 0 Å². The minimum atomic E-state index is -1.73. The summed E-state index contributed by atoms with van der Waals surface area (Å²) in [6.45, 7) is 1.51. The van der Waals surface area contributed by atoms with E-state index in [-0.39, 0.29) is 57.6 Å². The van der Waals surface area contributed by atoms with Gasteiger partial charge in [-0.15, -0.1) is 0 Å². The third-order valence-electron chi connectivity index (χ3n) is 12.9. The molecule has 0 aromatic carbocycles. The number of hydrogen-bond acceptors (Lipinski definition) is 10. The topological polar surface area (TPSA) is 216 Å². The van der Waals surface area contributed by atoms with Gasteiger partial charge < -0.3 is 50.8 Å². The van der Waals surface area contributed by atoms with E-state index >= 15 is 0 Å². The van der Waals surface area contributed by atoms with Crippen molar-refractivity contribution in [1.29, 1.82) is 0 Å². The fraction of sp³-hybridized carbons (Fsp3) is 0.850. The van der Waals surface area contributed by atoms with Crippen LogP contribution in [0.2, 0.25) is 0 Å². The highest BCUT2D eigenvalue weighted by Gasteiger charge is 2.39. The van der Waals surface area contributed by atoms with Crippen LogP contribution < -0.4 is 0 Å². The second-order valence-corrected chi connectivity index (χ2v) is 21.6. The highest BCUT2D eigenvalue weighted by atomic mass is 127. The minimum Gasteiger partial charge on any atom is -0.480 e. The third-order valence-corrected chi connectivity index (χ3v) is 15.6. The average molecular weight is 1100 g/mol. The zero-order valence-corrected chi connectivity index (χ0v) is 37.9. The summed E-state index contributed by atoms with van der Waals surface area (Å²) in [5, 5.41) is 91.1. The summed E-state index contributed by atoms with van der Waals surface area (Å²) in [6, 6.07) is 0. The number of alkyl halides is 3. The van der Waals surface area contributed by atoms with Gasteiger partial charge in [0, 0.05) is 28.3 Å². The van der Waals surface area contributed by atoms with Crippen LogP contribution in [-0.4, -0.2) is 102 Å². The smallest absolute Gasteiger partial charge is 0.316 e. The van der Waals surface area contributed by atoms with Gasteiger partial charge in [0.05, 0.1) is 10.5 Å². The highest BCUT2D eigenvalue weighted by Crippen LogP contribution is 2.49. The number of carbonyl (C=O) groups is 2. The van der Waals surface area contributed by atoms with Crippen molar-refractivity contribution in [3.05, 3.63) is 23.3 Å². The Morgan fingerprint density at radius 1 is 0.759 bits per heavy atom. The predicted molar refractivity (Wildman–Crippen MR) is 232 cm³/mol. The Kier molecular flexibility index (Phi) is 22.2. The first-order chi connectivity index (χ1) is 25.6. The number of rotatable bonds is 23. The number of aliphatic hydroxyl groups excluding tert-OH is 5. The lowest BCUT2D eigenvalue weighted by Gasteiger charge is -2.42. The number of aliphatic hydroxyl groups is 8. The van der Waals surface area contributed by atoms with E-state index in [1.807, 2.05) is 22.6 Å². The molecule has 0 radical (unpaired) electrons. The molecule has 13 atom stereocenters. The molecule has 0 aromatic heterocycles. The Labute approximate surface area is 362 Å². The molecule has 2 saturated carbocycles. The number of carbonyl (C=O) groups excluding carboxylic acids is 1. The summed E-state index contributed by atoms with van der Waals surface area (Å²) in [5.74, 6) is -1.39. The Balaban J connectivity index is 1.76. The van der Waals surface area contributed by atoms with Crippen molar-refractivity contribution in [1.82, 2.24) is 0 Å². The van der Waals surface area contributed by atoms with Crippen LogP contribution in [0.15, 0.2) is 23.3 Å². The number of carboxylic acids is 1. The van der Waals surface area contributed by atoms with Crippen molar-refractivity contribution in [3.63, 3.8) is 0 Å². The molecular weight excluding hydrogens is 1040 g/mol. The van der Waals surface area contributed by atoms with Gasteiger partial charge in [0.15, 0.2) is 18.9 Å². The first-order valence-electron chi connectivity index (χ1n) is 19.9. The molecule has 9 N–H and O–H groups in total. The number of allylic oxidation sites excluding steroid dienone is 4. The van der Waals surface area contributed by atoms with E-state index in [0.29, 0.717) is 49.9 Å². The maximum atomic E-state index is 11.7. The summed E-state index contributed by atoms with van der Waals surface area (Å²) in [4.78, 5) is 23.3. The maximum absolute atomic E-state index is 11.7. The van der Waals surface area contributed by atoms with Gasteiger partial charge in [0.1, 0.15) is 10.2 Å². The number of hydrogen-bond donors (Lipinski definition) is 9. The monoisotopic (exact) mass is 1100 g/mol. The molecular formula is C40H65I3O11. The molecule has 3 rings (SSSR count). The van der Waals surface area contributed by atoms with Crippen LogP contribution >= 0.6 is 67.8 Å². The van der Waals surface area contributed by atoms with Crippen LogP contribution in [0.25, 0.3) is 0 Å². The third kappa shape index (κ3) is 15.6. The quantitative estimate of drug-likeness (QED) is 0.0269. The second kappa shape index (κ2) is 24.5. The van der Waals surface area contributed by atoms with Gasteiger partial charge >= 0.3 is 5.97 Å². The van der Waals surface area contributed by atoms with Gasteiger partial charge in [-0.05, 0) is 149 Å². The van der Waals surface area contributed by atoms with E-state index in [4.69, 9.17) is 0 Å². The van der Waals surface area contributed by atoms with Crippen molar-refractivity contribution in [2.24, 2.45) is 59.2 Å². The molecule has 14 heteroatoms. The van der Waals surface area contributed by atoms with Gasteiger partial charge in [-0.1, -0.05) is 86.8 Å². The van der Waals surface area contributed by atoms with Crippen molar-refractivity contribution in [2.45, 2.75) is 134 Å². The largest absolute Gasteiger partial charge is 0.480 e. The average Bonchev–Trinajstić information content (AvgIpc) is 3.13. The number of aldehydes is 1. The first-order valence-corrected chi connectivity index (χ1v) is 23.6. The molecule has 0 spiro atoms.